The molecule has 0 aliphatic heterocycles. The van der Waals surface area contributed by atoms with Gasteiger partial charge in [-0.05, 0) is 32.1 Å². The zero-order chi connectivity index (χ0) is 12.7. The lowest BCUT2D eigenvalue weighted by molar-refractivity contribution is -0.141. The first-order valence-electron chi connectivity index (χ1n) is 7.43. The van der Waals surface area contributed by atoms with Crippen molar-refractivity contribution in [1.29, 1.82) is 0 Å². The molecule has 0 saturated heterocycles. The van der Waals surface area contributed by atoms with E-state index in [4.69, 9.17) is 4.74 Å². The van der Waals surface area contributed by atoms with Crippen LogP contribution in [0.2, 0.25) is 0 Å². The van der Waals surface area contributed by atoms with Gasteiger partial charge in [0, 0.05) is 6.61 Å². The summed E-state index contributed by atoms with van der Waals surface area (Å²) in [6.45, 7) is 7.25. The summed E-state index contributed by atoms with van der Waals surface area (Å²) in [6, 6.07) is 0. The van der Waals surface area contributed by atoms with Crippen molar-refractivity contribution < 1.29 is 9.84 Å². The number of rotatable bonds is 7. The molecule has 0 spiro atoms. The molecule has 0 aromatic carbocycles. The van der Waals surface area contributed by atoms with E-state index < -0.39 is 0 Å². The molecule has 1 atom stereocenters. The molecule has 1 saturated carbocycles. The Morgan fingerprint density at radius 2 is 1.76 bits per heavy atom. The van der Waals surface area contributed by atoms with E-state index in [1.165, 1.54) is 25.7 Å². The van der Waals surface area contributed by atoms with E-state index in [-0.39, 0.29) is 11.7 Å². The van der Waals surface area contributed by atoms with Crippen molar-refractivity contribution in [2.45, 2.75) is 83.8 Å². The minimum absolute atomic E-state index is 0.218. The first kappa shape index (κ1) is 15.0. The molecule has 0 aromatic rings. The molecule has 1 fully saturated rings. The van der Waals surface area contributed by atoms with Crippen LogP contribution in [0.1, 0.15) is 72.1 Å². The Morgan fingerprint density at radius 1 is 1.12 bits per heavy atom. The van der Waals surface area contributed by atoms with Gasteiger partial charge in [0.1, 0.15) is 0 Å². The third kappa shape index (κ3) is 4.59. The molecular weight excluding hydrogens is 212 g/mol. The maximum Gasteiger partial charge on any atom is 0.0939 e. The summed E-state index contributed by atoms with van der Waals surface area (Å²) < 4.78 is 5.94. The average Bonchev–Trinajstić information content (AvgIpc) is 2.30. The molecule has 0 bridgehead atoms. The van der Waals surface area contributed by atoms with E-state index in [1.54, 1.807) is 0 Å². The summed E-state index contributed by atoms with van der Waals surface area (Å²) in [5, 5.41) is 10.4. The smallest absolute Gasteiger partial charge is 0.0939 e. The van der Waals surface area contributed by atoms with Crippen LogP contribution in [0, 0.1) is 5.92 Å². The van der Waals surface area contributed by atoms with Gasteiger partial charge in [0.05, 0.1) is 11.7 Å². The van der Waals surface area contributed by atoms with Gasteiger partial charge in [0.15, 0.2) is 0 Å². The number of hydrogen-bond acceptors (Lipinski definition) is 2. The van der Waals surface area contributed by atoms with E-state index in [9.17, 15) is 5.11 Å². The van der Waals surface area contributed by atoms with Gasteiger partial charge in [0.25, 0.3) is 0 Å². The van der Waals surface area contributed by atoms with Crippen LogP contribution in [0.4, 0.5) is 0 Å². The fourth-order valence-electron chi connectivity index (χ4n) is 2.99. The first-order chi connectivity index (χ1) is 8.10. The largest absolute Gasteiger partial charge is 0.390 e. The third-order valence-corrected chi connectivity index (χ3v) is 4.00. The molecule has 0 heterocycles. The Hall–Kier alpha value is -0.0800. The maximum absolute atomic E-state index is 10.4. The van der Waals surface area contributed by atoms with Gasteiger partial charge in [-0.3, -0.25) is 0 Å². The zero-order valence-electron chi connectivity index (χ0n) is 11.9. The predicted molar refractivity (Wildman–Crippen MR) is 72.1 cm³/mol. The van der Waals surface area contributed by atoms with Crippen LogP contribution in [-0.4, -0.2) is 23.4 Å². The maximum atomic E-state index is 10.4. The van der Waals surface area contributed by atoms with E-state index in [2.05, 4.69) is 13.8 Å². The number of hydrogen-bond donors (Lipinski definition) is 1. The van der Waals surface area contributed by atoms with E-state index in [1.807, 2.05) is 6.92 Å². The lowest BCUT2D eigenvalue weighted by atomic mass is 9.78. The number of ether oxygens (including phenoxy) is 1. The summed E-state index contributed by atoms with van der Waals surface area (Å²) in [5.74, 6) is 0.733. The summed E-state index contributed by atoms with van der Waals surface area (Å²) in [6.07, 6.45) is 8.77. The van der Waals surface area contributed by atoms with Gasteiger partial charge in [-0.25, -0.2) is 0 Å². The molecule has 0 amide bonds. The van der Waals surface area contributed by atoms with E-state index >= 15 is 0 Å². The van der Waals surface area contributed by atoms with Crippen LogP contribution in [0.25, 0.3) is 0 Å². The molecule has 17 heavy (non-hydrogen) atoms. The summed E-state index contributed by atoms with van der Waals surface area (Å²) in [7, 11) is 0. The van der Waals surface area contributed by atoms with Crippen LogP contribution in [0.5, 0.6) is 0 Å². The van der Waals surface area contributed by atoms with Crippen molar-refractivity contribution in [3.8, 4) is 0 Å². The molecule has 2 nitrogen and oxygen atoms in total. The first-order valence-corrected chi connectivity index (χ1v) is 7.43. The molecule has 0 aromatic heterocycles. The second-order valence-corrected chi connectivity index (χ2v) is 5.90. The quantitative estimate of drug-likeness (QED) is 0.733. The highest BCUT2D eigenvalue weighted by Crippen LogP contribution is 2.36. The van der Waals surface area contributed by atoms with Crippen molar-refractivity contribution >= 4 is 0 Å². The topological polar surface area (TPSA) is 29.5 Å². The van der Waals surface area contributed by atoms with Gasteiger partial charge >= 0.3 is 0 Å². The van der Waals surface area contributed by atoms with Gasteiger partial charge in [-0.2, -0.15) is 0 Å². The summed E-state index contributed by atoms with van der Waals surface area (Å²) in [5.41, 5.74) is -0.218. The Bertz CT molecular complexity index is 190. The zero-order valence-corrected chi connectivity index (χ0v) is 11.9. The fourth-order valence-corrected chi connectivity index (χ4v) is 2.99. The molecule has 102 valence electrons. The third-order valence-electron chi connectivity index (χ3n) is 4.00. The molecular formula is C15H30O2. The molecule has 2 heteroatoms. The Labute approximate surface area is 107 Å². The lowest BCUT2D eigenvalue weighted by Gasteiger charge is -2.41. The molecule has 1 aliphatic carbocycles. The minimum atomic E-state index is -0.263. The lowest BCUT2D eigenvalue weighted by Crippen LogP contribution is -2.46. The van der Waals surface area contributed by atoms with Gasteiger partial charge in [-0.1, -0.05) is 46.0 Å². The molecule has 1 aliphatic rings. The van der Waals surface area contributed by atoms with Crippen LogP contribution in [-0.2, 0) is 4.74 Å². The van der Waals surface area contributed by atoms with Gasteiger partial charge in [0.2, 0.25) is 0 Å². The van der Waals surface area contributed by atoms with Gasteiger partial charge in [-0.15, -0.1) is 0 Å². The fraction of sp³-hybridized carbons (Fsp3) is 1.00. The van der Waals surface area contributed by atoms with Crippen molar-refractivity contribution in [1.82, 2.24) is 0 Å². The second-order valence-electron chi connectivity index (χ2n) is 5.90. The monoisotopic (exact) mass is 242 g/mol. The average molecular weight is 242 g/mol. The van der Waals surface area contributed by atoms with E-state index in [0.717, 1.165) is 38.2 Å². The second kappa shape index (κ2) is 7.38. The summed E-state index contributed by atoms with van der Waals surface area (Å²) >= 11 is 0. The van der Waals surface area contributed by atoms with E-state index in [0.29, 0.717) is 0 Å². The summed E-state index contributed by atoms with van der Waals surface area (Å²) in [4.78, 5) is 0. The van der Waals surface area contributed by atoms with Crippen molar-refractivity contribution in [2.75, 3.05) is 6.61 Å². The van der Waals surface area contributed by atoms with Crippen molar-refractivity contribution in [2.24, 2.45) is 5.92 Å². The van der Waals surface area contributed by atoms with Crippen LogP contribution >= 0.6 is 0 Å². The molecule has 1 unspecified atom stereocenters. The normalized spacial score (nSPS) is 21.7. The van der Waals surface area contributed by atoms with Crippen LogP contribution in [0.15, 0.2) is 0 Å². The highest BCUT2D eigenvalue weighted by molar-refractivity contribution is 4.91. The molecule has 1 N–H and O–H groups in total. The standard InChI is InChI=1S/C15H30O2/c1-4-17-15(11-6-5-7-12-15)14(16)10-8-9-13(2)3/h13-14,16H,4-12H2,1-3H3. The Balaban J connectivity index is 2.44. The van der Waals surface area contributed by atoms with Crippen LogP contribution < -0.4 is 0 Å². The SMILES string of the molecule is CCOC1(C(O)CCCC(C)C)CCCCC1. The predicted octanol–water partition coefficient (Wildman–Crippen LogP) is 3.91. The highest BCUT2D eigenvalue weighted by atomic mass is 16.5. The molecule has 1 rings (SSSR count). The van der Waals surface area contributed by atoms with Crippen LogP contribution in [0.3, 0.4) is 0 Å². The number of aliphatic hydroxyl groups excluding tert-OH is 1. The highest BCUT2D eigenvalue weighted by Gasteiger charge is 2.39. The number of aliphatic hydroxyl groups is 1. The minimum Gasteiger partial charge on any atom is -0.390 e. The van der Waals surface area contributed by atoms with Crippen molar-refractivity contribution in [3.05, 3.63) is 0 Å². The van der Waals surface area contributed by atoms with Gasteiger partial charge < -0.3 is 9.84 Å². The van der Waals surface area contributed by atoms with Crippen molar-refractivity contribution in [3.63, 3.8) is 0 Å². The molecule has 0 radical (unpaired) electrons. The Kier molecular flexibility index (Phi) is 6.50. The Morgan fingerprint density at radius 3 is 2.29 bits per heavy atom.